The summed E-state index contributed by atoms with van der Waals surface area (Å²) in [5.41, 5.74) is -0.932. The highest BCUT2D eigenvalue weighted by Crippen LogP contribution is 2.20. The van der Waals surface area contributed by atoms with Gasteiger partial charge >= 0.3 is 12.1 Å². The molecule has 0 fully saturated rings. The summed E-state index contributed by atoms with van der Waals surface area (Å²) in [6, 6.07) is 0. The molecule has 96 valence electrons. The fourth-order valence-corrected chi connectivity index (χ4v) is 0.692. The lowest BCUT2D eigenvalue weighted by molar-refractivity contribution is -0.141. The monoisotopic (exact) mass is 250 g/mol. The number of esters is 1. The van der Waals surface area contributed by atoms with E-state index in [-0.39, 0.29) is 6.61 Å². The second kappa shape index (κ2) is 6.82. The predicted molar refractivity (Wildman–Crippen MR) is 58.0 cm³/mol. The van der Waals surface area contributed by atoms with Gasteiger partial charge in [0, 0.05) is 5.71 Å². The molecule has 4 nitrogen and oxygen atoms in total. The molecule has 0 aromatic rings. The molecule has 0 N–H and O–H groups in total. The Bertz CT molecular complexity index is 342. The molecule has 0 saturated carbocycles. The van der Waals surface area contributed by atoms with Crippen LogP contribution in [0.1, 0.15) is 20.3 Å². The predicted octanol–water partition coefficient (Wildman–Crippen LogP) is 2.50. The molecule has 0 aromatic heterocycles. The SMILES string of the molecule is C=CCOC(=O)C/C(=N/N=C(C)C)C(F)(F)F. The Hall–Kier alpha value is -1.66. The van der Waals surface area contributed by atoms with Gasteiger partial charge in [-0.05, 0) is 13.8 Å². The lowest BCUT2D eigenvalue weighted by Gasteiger charge is -2.08. The zero-order valence-electron chi connectivity index (χ0n) is 9.54. The molecule has 0 aliphatic heterocycles. The Morgan fingerprint density at radius 2 is 1.94 bits per heavy atom. The summed E-state index contributed by atoms with van der Waals surface area (Å²) < 4.78 is 41.7. The van der Waals surface area contributed by atoms with Crippen LogP contribution in [-0.4, -0.2) is 30.2 Å². The maximum Gasteiger partial charge on any atom is 0.431 e. The third kappa shape index (κ3) is 7.26. The smallest absolute Gasteiger partial charge is 0.431 e. The molecule has 0 aromatic carbocycles. The molecule has 0 atom stereocenters. The summed E-state index contributed by atoms with van der Waals surface area (Å²) in [4.78, 5) is 11.0. The van der Waals surface area contributed by atoms with Gasteiger partial charge in [-0.2, -0.15) is 23.4 Å². The molecular formula is C10H13F3N2O2. The van der Waals surface area contributed by atoms with Gasteiger partial charge in [0.1, 0.15) is 6.61 Å². The van der Waals surface area contributed by atoms with E-state index >= 15 is 0 Å². The maximum absolute atomic E-state index is 12.4. The lowest BCUT2D eigenvalue weighted by atomic mass is 10.2. The van der Waals surface area contributed by atoms with Crippen molar-refractivity contribution < 1.29 is 22.7 Å². The molecule has 17 heavy (non-hydrogen) atoms. The van der Waals surface area contributed by atoms with Crippen LogP contribution in [0.25, 0.3) is 0 Å². The minimum absolute atomic E-state index is 0.139. The molecule has 0 heterocycles. The van der Waals surface area contributed by atoms with Gasteiger partial charge in [-0.1, -0.05) is 12.7 Å². The van der Waals surface area contributed by atoms with E-state index in [0.29, 0.717) is 5.71 Å². The third-order valence-electron chi connectivity index (χ3n) is 1.37. The zero-order chi connectivity index (χ0) is 13.5. The Morgan fingerprint density at radius 1 is 1.35 bits per heavy atom. The number of halogens is 3. The summed E-state index contributed by atoms with van der Waals surface area (Å²) in [7, 11) is 0. The Balaban J connectivity index is 4.73. The van der Waals surface area contributed by atoms with E-state index in [0.717, 1.165) is 0 Å². The van der Waals surface area contributed by atoms with Gasteiger partial charge in [0.25, 0.3) is 0 Å². The normalized spacial score (nSPS) is 11.9. The molecular weight excluding hydrogens is 237 g/mol. The van der Waals surface area contributed by atoms with Crippen LogP contribution in [-0.2, 0) is 9.53 Å². The quantitative estimate of drug-likeness (QED) is 0.326. The van der Waals surface area contributed by atoms with Crippen molar-refractivity contribution in [2.45, 2.75) is 26.4 Å². The van der Waals surface area contributed by atoms with Crippen molar-refractivity contribution in [3.8, 4) is 0 Å². The van der Waals surface area contributed by atoms with Gasteiger partial charge in [-0.3, -0.25) is 4.79 Å². The van der Waals surface area contributed by atoms with Crippen LogP contribution >= 0.6 is 0 Å². The van der Waals surface area contributed by atoms with Crippen molar-refractivity contribution in [2.75, 3.05) is 6.61 Å². The number of carbonyl (C=O) groups is 1. The molecule has 0 spiro atoms. The first kappa shape index (κ1) is 15.3. The summed E-state index contributed by atoms with van der Waals surface area (Å²) in [5.74, 6) is -1.02. The number of hydrogen-bond acceptors (Lipinski definition) is 4. The number of rotatable bonds is 5. The lowest BCUT2D eigenvalue weighted by Crippen LogP contribution is -2.26. The van der Waals surface area contributed by atoms with Gasteiger partial charge in [0.15, 0.2) is 5.71 Å². The van der Waals surface area contributed by atoms with Crippen LogP contribution in [0.2, 0.25) is 0 Å². The zero-order valence-corrected chi connectivity index (χ0v) is 9.54. The van der Waals surface area contributed by atoms with Crippen molar-refractivity contribution >= 4 is 17.4 Å². The van der Waals surface area contributed by atoms with Gasteiger partial charge in [0.05, 0.1) is 6.42 Å². The topological polar surface area (TPSA) is 51.0 Å². The van der Waals surface area contributed by atoms with Crippen LogP contribution < -0.4 is 0 Å². The van der Waals surface area contributed by atoms with Crippen molar-refractivity contribution in [1.82, 2.24) is 0 Å². The second-order valence-corrected chi connectivity index (χ2v) is 3.24. The fourth-order valence-electron chi connectivity index (χ4n) is 0.692. The summed E-state index contributed by atoms with van der Waals surface area (Å²) in [6.07, 6.45) is -4.41. The third-order valence-corrected chi connectivity index (χ3v) is 1.37. The Morgan fingerprint density at radius 3 is 2.35 bits per heavy atom. The Labute approximate surface area is 96.9 Å². The molecule has 0 rings (SSSR count). The number of nitrogens with zero attached hydrogens (tertiary/aromatic N) is 2. The van der Waals surface area contributed by atoms with Crippen LogP contribution in [0.4, 0.5) is 13.2 Å². The number of carbonyl (C=O) groups excluding carboxylic acids is 1. The second-order valence-electron chi connectivity index (χ2n) is 3.24. The van der Waals surface area contributed by atoms with Crippen LogP contribution in [0.5, 0.6) is 0 Å². The van der Waals surface area contributed by atoms with Gasteiger partial charge in [0.2, 0.25) is 0 Å². The molecule has 0 aliphatic rings. The highest BCUT2D eigenvalue weighted by Gasteiger charge is 2.37. The van der Waals surface area contributed by atoms with Crippen molar-refractivity contribution in [2.24, 2.45) is 10.2 Å². The molecule has 7 heteroatoms. The van der Waals surface area contributed by atoms with E-state index in [2.05, 4.69) is 21.5 Å². The van der Waals surface area contributed by atoms with E-state index in [9.17, 15) is 18.0 Å². The van der Waals surface area contributed by atoms with Crippen molar-refractivity contribution in [3.63, 3.8) is 0 Å². The summed E-state index contributed by atoms with van der Waals surface area (Å²) >= 11 is 0. The minimum Gasteiger partial charge on any atom is -0.461 e. The first-order valence-corrected chi connectivity index (χ1v) is 4.68. The van der Waals surface area contributed by atoms with Gasteiger partial charge < -0.3 is 4.74 Å². The fraction of sp³-hybridized carbons (Fsp3) is 0.500. The average Bonchev–Trinajstić information content (AvgIpc) is 2.19. The van der Waals surface area contributed by atoms with Crippen LogP contribution in [0, 0.1) is 0 Å². The van der Waals surface area contributed by atoms with E-state index in [4.69, 9.17) is 0 Å². The van der Waals surface area contributed by atoms with Gasteiger partial charge in [-0.25, -0.2) is 0 Å². The molecule has 0 saturated heterocycles. The standard InChI is InChI=1S/C10H13F3N2O2/c1-4-5-17-9(16)6-8(10(11,12)13)15-14-7(2)3/h4H,1,5-6H2,2-3H3/b15-8-. The van der Waals surface area contributed by atoms with E-state index in [1.54, 1.807) is 0 Å². The van der Waals surface area contributed by atoms with E-state index < -0.39 is 24.3 Å². The molecule has 0 unspecified atom stereocenters. The highest BCUT2D eigenvalue weighted by molar-refractivity contribution is 6.02. The summed E-state index contributed by atoms with van der Waals surface area (Å²) in [6.45, 7) is 6.12. The highest BCUT2D eigenvalue weighted by atomic mass is 19.4. The number of alkyl halides is 3. The largest absolute Gasteiger partial charge is 0.461 e. The molecule has 0 aliphatic carbocycles. The molecule has 0 bridgehead atoms. The van der Waals surface area contributed by atoms with Crippen LogP contribution in [0.15, 0.2) is 22.9 Å². The minimum atomic E-state index is -4.70. The molecule has 0 radical (unpaired) electrons. The Kier molecular flexibility index (Phi) is 6.16. The van der Waals surface area contributed by atoms with Crippen LogP contribution in [0.3, 0.4) is 0 Å². The van der Waals surface area contributed by atoms with E-state index in [1.165, 1.54) is 19.9 Å². The number of hydrogen-bond donors (Lipinski definition) is 0. The van der Waals surface area contributed by atoms with Crippen molar-refractivity contribution in [3.05, 3.63) is 12.7 Å². The first-order valence-electron chi connectivity index (χ1n) is 4.68. The summed E-state index contributed by atoms with van der Waals surface area (Å²) in [5, 5.41) is 6.28. The first-order chi connectivity index (χ1) is 7.77. The van der Waals surface area contributed by atoms with Gasteiger partial charge in [-0.15, -0.1) is 0 Å². The maximum atomic E-state index is 12.4. The molecule has 0 amide bonds. The van der Waals surface area contributed by atoms with Crippen molar-refractivity contribution in [1.29, 1.82) is 0 Å². The average molecular weight is 250 g/mol. The number of ether oxygens (including phenoxy) is 1. The van der Waals surface area contributed by atoms with E-state index in [1.807, 2.05) is 0 Å².